The van der Waals surface area contributed by atoms with Crippen LogP contribution in [0.4, 0.5) is 14.5 Å². The number of rotatable bonds is 4. The normalized spacial score (nSPS) is 10.7. The minimum Gasteiger partial charge on any atom is -0.324 e. The Morgan fingerprint density at radius 2 is 1.78 bits per heavy atom. The van der Waals surface area contributed by atoms with Crippen molar-refractivity contribution in [3.63, 3.8) is 0 Å². The molecule has 0 aliphatic carbocycles. The van der Waals surface area contributed by atoms with Gasteiger partial charge in [0.25, 0.3) is 5.56 Å². The first-order valence-corrected chi connectivity index (χ1v) is 8.24. The van der Waals surface area contributed by atoms with Gasteiger partial charge in [-0.15, -0.1) is 0 Å². The van der Waals surface area contributed by atoms with E-state index in [4.69, 9.17) is 0 Å². The van der Waals surface area contributed by atoms with Gasteiger partial charge < -0.3 is 5.32 Å². The molecule has 138 valence electrons. The molecule has 0 unspecified atom stereocenters. The fourth-order valence-electron chi connectivity index (χ4n) is 2.53. The number of aromatic nitrogens is 2. The van der Waals surface area contributed by atoms with Gasteiger partial charge in [0, 0.05) is 23.4 Å². The summed E-state index contributed by atoms with van der Waals surface area (Å²) in [5.41, 5.74) is 3.26. The van der Waals surface area contributed by atoms with Crippen LogP contribution in [-0.4, -0.2) is 15.7 Å². The molecular weight excluding hydrogens is 352 g/mol. The van der Waals surface area contributed by atoms with Gasteiger partial charge in [-0.25, -0.2) is 13.5 Å². The van der Waals surface area contributed by atoms with Crippen LogP contribution in [0.2, 0.25) is 0 Å². The molecule has 0 fully saturated rings. The van der Waals surface area contributed by atoms with E-state index in [1.54, 1.807) is 6.07 Å². The zero-order valence-corrected chi connectivity index (χ0v) is 14.8. The first-order valence-electron chi connectivity index (χ1n) is 8.24. The molecule has 0 aliphatic heterocycles. The Kier molecular flexibility index (Phi) is 5.12. The molecule has 1 amide bonds. The van der Waals surface area contributed by atoms with Gasteiger partial charge in [0.15, 0.2) is 11.6 Å². The third-order valence-electron chi connectivity index (χ3n) is 4.17. The largest absolute Gasteiger partial charge is 0.324 e. The summed E-state index contributed by atoms with van der Waals surface area (Å²) in [7, 11) is 0. The van der Waals surface area contributed by atoms with Gasteiger partial charge >= 0.3 is 0 Å². The Labute approximate surface area is 154 Å². The number of anilines is 1. The molecule has 7 heteroatoms. The van der Waals surface area contributed by atoms with Crippen LogP contribution in [0.3, 0.4) is 0 Å². The molecule has 0 aliphatic rings. The molecule has 3 rings (SSSR count). The third kappa shape index (κ3) is 4.25. The highest BCUT2D eigenvalue weighted by molar-refractivity contribution is 5.90. The monoisotopic (exact) mass is 369 g/mol. The average Bonchev–Trinajstić information content (AvgIpc) is 2.62. The number of nitrogens with zero attached hydrogens (tertiary/aromatic N) is 2. The molecule has 0 atom stereocenters. The van der Waals surface area contributed by atoms with Gasteiger partial charge in [0.05, 0.1) is 5.69 Å². The van der Waals surface area contributed by atoms with Crippen molar-refractivity contribution in [1.29, 1.82) is 0 Å². The van der Waals surface area contributed by atoms with Crippen LogP contribution in [-0.2, 0) is 11.3 Å². The first kappa shape index (κ1) is 18.4. The second-order valence-electron chi connectivity index (χ2n) is 6.19. The lowest BCUT2D eigenvalue weighted by molar-refractivity contribution is -0.117. The first-order chi connectivity index (χ1) is 12.8. The molecule has 0 bridgehead atoms. The Morgan fingerprint density at radius 3 is 2.48 bits per heavy atom. The van der Waals surface area contributed by atoms with Crippen molar-refractivity contribution in [2.24, 2.45) is 0 Å². The molecule has 1 N–H and O–H groups in total. The van der Waals surface area contributed by atoms with Crippen LogP contribution in [0.5, 0.6) is 0 Å². The summed E-state index contributed by atoms with van der Waals surface area (Å²) in [6.07, 6.45) is 0. The maximum Gasteiger partial charge on any atom is 0.267 e. The Balaban J connectivity index is 1.81. The van der Waals surface area contributed by atoms with E-state index in [0.29, 0.717) is 5.69 Å². The number of aryl methyl sites for hydroxylation is 2. The number of hydrogen-bond acceptors (Lipinski definition) is 3. The summed E-state index contributed by atoms with van der Waals surface area (Å²) >= 11 is 0. The van der Waals surface area contributed by atoms with Gasteiger partial charge in [-0.2, -0.15) is 5.10 Å². The summed E-state index contributed by atoms with van der Waals surface area (Å²) in [4.78, 5) is 24.2. The number of hydrogen-bond donors (Lipinski definition) is 1. The van der Waals surface area contributed by atoms with E-state index in [1.165, 1.54) is 12.1 Å². The predicted octanol–water partition coefficient (Wildman–Crippen LogP) is 3.44. The van der Waals surface area contributed by atoms with E-state index in [-0.39, 0.29) is 12.2 Å². The Morgan fingerprint density at radius 1 is 1.00 bits per heavy atom. The number of amides is 1. The van der Waals surface area contributed by atoms with E-state index in [2.05, 4.69) is 10.4 Å². The van der Waals surface area contributed by atoms with Crippen LogP contribution in [0.1, 0.15) is 11.1 Å². The second kappa shape index (κ2) is 7.49. The number of nitrogens with one attached hydrogen (secondary N) is 1. The van der Waals surface area contributed by atoms with Crippen molar-refractivity contribution in [3.05, 3.63) is 81.6 Å². The van der Waals surface area contributed by atoms with Crippen molar-refractivity contribution >= 4 is 11.6 Å². The fraction of sp³-hybridized carbons (Fsp3) is 0.150. The maximum absolute atomic E-state index is 13.2. The van der Waals surface area contributed by atoms with Crippen LogP contribution in [0.15, 0.2) is 53.3 Å². The lowest BCUT2D eigenvalue weighted by Crippen LogP contribution is -2.29. The second-order valence-corrected chi connectivity index (χ2v) is 6.19. The van der Waals surface area contributed by atoms with Crippen molar-refractivity contribution in [1.82, 2.24) is 9.78 Å². The zero-order chi connectivity index (χ0) is 19.6. The van der Waals surface area contributed by atoms with Crippen LogP contribution in [0, 0.1) is 25.5 Å². The average molecular weight is 369 g/mol. The van der Waals surface area contributed by atoms with E-state index in [0.717, 1.165) is 33.5 Å². The summed E-state index contributed by atoms with van der Waals surface area (Å²) in [6, 6.07) is 11.7. The molecule has 0 saturated carbocycles. The van der Waals surface area contributed by atoms with Gasteiger partial charge in [-0.05, 0) is 49.2 Å². The zero-order valence-electron chi connectivity index (χ0n) is 14.8. The topological polar surface area (TPSA) is 64.0 Å². The van der Waals surface area contributed by atoms with Crippen LogP contribution >= 0.6 is 0 Å². The molecule has 1 aromatic heterocycles. The highest BCUT2D eigenvalue weighted by Crippen LogP contribution is 2.19. The lowest BCUT2D eigenvalue weighted by Gasteiger charge is -2.09. The Hall–Kier alpha value is -3.35. The van der Waals surface area contributed by atoms with E-state index < -0.39 is 23.1 Å². The molecule has 27 heavy (non-hydrogen) atoms. The summed E-state index contributed by atoms with van der Waals surface area (Å²) < 4.78 is 27.2. The van der Waals surface area contributed by atoms with E-state index in [9.17, 15) is 18.4 Å². The van der Waals surface area contributed by atoms with E-state index in [1.807, 2.05) is 32.0 Å². The molecule has 0 saturated heterocycles. The van der Waals surface area contributed by atoms with Gasteiger partial charge in [-0.3, -0.25) is 9.59 Å². The van der Waals surface area contributed by atoms with Crippen molar-refractivity contribution in [2.45, 2.75) is 20.4 Å². The third-order valence-corrected chi connectivity index (χ3v) is 4.17. The number of benzene rings is 2. The molecule has 0 radical (unpaired) electrons. The molecule has 0 spiro atoms. The molecule has 2 aromatic carbocycles. The SMILES string of the molecule is Cc1ccc(-c2ccc(=O)n(CC(=O)Nc3ccc(F)c(F)c3)n2)cc1C. The Bertz CT molecular complexity index is 1080. The fourth-order valence-corrected chi connectivity index (χ4v) is 2.53. The predicted molar refractivity (Wildman–Crippen MR) is 98.4 cm³/mol. The van der Waals surface area contributed by atoms with Crippen molar-refractivity contribution in [3.8, 4) is 11.3 Å². The van der Waals surface area contributed by atoms with Gasteiger partial charge in [0.2, 0.25) is 5.91 Å². The van der Waals surface area contributed by atoms with Crippen LogP contribution in [0.25, 0.3) is 11.3 Å². The number of halogens is 2. The molecular formula is C20H17F2N3O2. The van der Waals surface area contributed by atoms with Crippen LogP contribution < -0.4 is 10.9 Å². The molecule has 5 nitrogen and oxygen atoms in total. The van der Waals surface area contributed by atoms with Crippen molar-refractivity contribution < 1.29 is 13.6 Å². The standard InChI is InChI=1S/C20H17F2N3O2/c1-12-3-4-14(9-13(12)2)18-7-8-20(27)25(24-18)11-19(26)23-15-5-6-16(21)17(22)10-15/h3-10H,11H2,1-2H3,(H,23,26). The molecule has 3 aromatic rings. The number of carbonyl (C=O) groups is 1. The summed E-state index contributed by atoms with van der Waals surface area (Å²) in [6.45, 7) is 3.62. The minimum atomic E-state index is -1.07. The lowest BCUT2D eigenvalue weighted by atomic mass is 10.0. The highest BCUT2D eigenvalue weighted by Gasteiger charge is 2.10. The highest BCUT2D eigenvalue weighted by atomic mass is 19.2. The molecule has 1 heterocycles. The minimum absolute atomic E-state index is 0.0947. The van der Waals surface area contributed by atoms with E-state index >= 15 is 0 Å². The van der Waals surface area contributed by atoms with Gasteiger partial charge in [-0.1, -0.05) is 12.1 Å². The van der Waals surface area contributed by atoms with Gasteiger partial charge in [0.1, 0.15) is 6.54 Å². The maximum atomic E-state index is 13.2. The smallest absolute Gasteiger partial charge is 0.267 e. The quantitative estimate of drug-likeness (QED) is 0.766. The summed E-state index contributed by atoms with van der Waals surface area (Å²) in [5.74, 6) is -2.65. The summed E-state index contributed by atoms with van der Waals surface area (Å²) in [5, 5.41) is 6.65. The number of carbonyl (C=O) groups excluding carboxylic acids is 1. The van der Waals surface area contributed by atoms with Crippen molar-refractivity contribution in [2.75, 3.05) is 5.32 Å².